The Labute approximate surface area is 111 Å². The van der Waals surface area contributed by atoms with Gasteiger partial charge in [-0.2, -0.15) is 0 Å². The fraction of sp³-hybridized carbons (Fsp3) is 0.625. The fourth-order valence-corrected chi connectivity index (χ4v) is 2.58. The lowest BCUT2D eigenvalue weighted by Crippen LogP contribution is -2.35. The van der Waals surface area contributed by atoms with Crippen LogP contribution in [0.1, 0.15) is 42.5 Å². The van der Waals surface area contributed by atoms with Crippen molar-refractivity contribution in [2.24, 2.45) is 11.7 Å². The summed E-state index contributed by atoms with van der Waals surface area (Å²) < 4.78 is 0. The molecule has 2 N–H and O–H groups in total. The lowest BCUT2D eigenvalue weighted by molar-refractivity contribution is 0.203. The van der Waals surface area contributed by atoms with Crippen LogP contribution in [0.15, 0.2) is 18.2 Å². The van der Waals surface area contributed by atoms with E-state index in [-0.39, 0.29) is 0 Å². The zero-order chi connectivity index (χ0) is 13.1. The zero-order valence-electron chi connectivity index (χ0n) is 11.9. The van der Waals surface area contributed by atoms with Gasteiger partial charge in [0.15, 0.2) is 0 Å². The maximum Gasteiger partial charge on any atom is 0.0470 e. The second kappa shape index (κ2) is 5.85. The summed E-state index contributed by atoms with van der Waals surface area (Å²) in [6.45, 7) is 9.60. The van der Waals surface area contributed by atoms with Crippen molar-refractivity contribution in [2.45, 2.75) is 39.7 Å². The first-order valence-corrected chi connectivity index (χ1v) is 7.17. The van der Waals surface area contributed by atoms with Gasteiger partial charge in [0.25, 0.3) is 0 Å². The van der Waals surface area contributed by atoms with Crippen molar-refractivity contribution in [1.82, 2.24) is 4.90 Å². The maximum absolute atomic E-state index is 6.02. The molecule has 1 saturated carbocycles. The summed E-state index contributed by atoms with van der Waals surface area (Å²) in [5.41, 5.74) is 10.1. The summed E-state index contributed by atoms with van der Waals surface area (Å²) in [7, 11) is 0. The first kappa shape index (κ1) is 13.6. The lowest BCUT2D eigenvalue weighted by atomic mass is 9.99. The maximum atomic E-state index is 6.02. The molecule has 0 radical (unpaired) electrons. The first-order chi connectivity index (χ1) is 8.65. The highest BCUT2D eigenvalue weighted by Gasteiger charge is 2.27. The molecule has 2 heteroatoms. The third kappa shape index (κ3) is 3.12. The van der Waals surface area contributed by atoms with Crippen LogP contribution >= 0.6 is 0 Å². The van der Waals surface area contributed by atoms with E-state index >= 15 is 0 Å². The molecule has 0 spiro atoms. The molecule has 0 amide bonds. The molecule has 2 nitrogen and oxygen atoms in total. The molecule has 1 fully saturated rings. The number of rotatable bonds is 6. The van der Waals surface area contributed by atoms with Crippen LogP contribution in [0.2, 0.25) is 0 Å². The Morgan fingerprint density at radius 2 is 2.00 bits per heavy atom. The van der Waals surface area contributed by atoms with Crippen molar-refractivity contribution < 1.29 is 0 Å². The van der Waals surface area contributed by atoms with E-state index in [1.54, 1.807) is 0 Å². The minimum Gasteiger partial charge on any atom is -0.329 e. The Hall–Kier alpha value is -0.860. The second-order valence-corrected chi connectivity index (χ2v) is 5.63. The quantitative estimate of drug-likeness (QED) is 0.836. The number of hydrogen-bond acceptors (Lipinski definition) is 2. The monoisotopic (exact) mass is 246 g/mol. The lowest BCUT2D eigenvalue weighted by Gasteiger charge is -2.30. The minimum atomic E-state index is 0.384. The first-order valence-electron chi connectivity index (χ1n) is 7.17. The van der Waals surface area contributed by atoms with Crippen LogP contribution in [-0.4, -0.2) is 24.5 Å². The largest absolute Gasteiger partial charge is 0.329 e. The molecule has 1 unspecified atom stereocenters. The average Bonchev–Trinajstić information content (AvgIpc) is 3.17. The standard InChI is InChI=1S/C16H26N2/c1-4-18(11-14-6-7-14)16(10-17)15-8-5-12(2)13(3)9-15/h5,8-9,14,16H,4,6-7,10-11,17H2,1-3H3. The molecule has 1 aliphatic rings. The van der Waals surface area contributed by atoms with E-state index in [0.717, 1.165) is 12.5 Å². The highest BCUT2D eigenvalue weighted by molar-refractivity contribution is 5.32. The van der Waals surface area contributed by atoms with Gasteiger partial charge in [0.1, 0.15) is 0 Å². The van der Waals surface area contributed by atoms with E-state index in [0.29, 0.717) is 12.6 Å². The van der Waals surface area contributed by atoms with Gasteiger partial charge in [-0.3, -0.25) is 4.90 Å². The molecule has 0 aromatic heterocycles. The van der Waals surface area contributed by atoms with Crippen LogP contribution in [0.25, 0.3) is 0 Å². The average molecular weight is 246 g/mol. The van der Waals surface area contributed by atoms with Gasteiger partial charge in [-0.05, 0) is 55.8 Å². The summed E-state index contributed by atoms with van der Waals surface area (Å²) in [6, 6.07) is 7.16. The van der Waals surface area contributed by atoms with E-state index in [1.807, 2.05) is 0 Å². The van der Waals surface area contributed by atoms with Gasteiger partial charge in [0.05, 0.1) is 0 Å². The topological polar surface area (TPSA) is 29.3 Å². The highest BCUT2D eigenvalue weighted by Crippen LogP contribution is 2.32. The molecule has 0 bridgehead atoms. The van der Waals surface area contributed by atoms with Crippen molar-refractivity contribution in [3.63, 3.8) is 0 Å². The number of benzene rings is 1. The van der Waals surface area contributed by atoms with E-state index in [9.17, 15) is 0 Å². The number of hydrogen-bond donors (Lipinski definition) is 1. The Balaban J connectivity index is 2.16. The Morgan fingerprint density at radius 3 is 2.50 bits per heavy atom. The number of aryl methyl sites for hydroxylation is 2. The van der Waals surface area contributed by atoms with E-state index in [4.69, 9.17) is 5.73 Å². The predicted octanol–water partition coefficient (Wildman–Crippen LogP) is 3.04. The molecule has 0 saturated heterocycles. The highest BCUT2D eigenvalue weighted by atomic mass is 15.2. The summed E-state index contributed by atoms with van der Waals surface area (Å²) in [5.74, 6) is 0.922. The van der Waals surface area contributed by atoms with Crippen molar-refractivity contribution in [1.29, 1.82) is 0 Å². The van der Waals surface area contributed by atoms with Crippen LogP contribution < -0.4 is 5.73 Å². The summed E-state index contributed by atoms with van der Waals surface area (Å²) in [4.78, 5) is 2.54. The van der Waals surface area contributed by atoms with Gasteiger partial charge in [-0.25, -0.2) is 0 Å². The van der Waals surface area contributed by atoms with Crippen molar-refractivity contribution in [2.75, 3.05) is 19.6 Å². The van der Waals surface area contributed by atoms with Crippen molar-refractivity contribution >= 4 is 0 Å². The molecule has 1 aliphatic carbocycles. The Kier molecular flexibility index (Phi) is 4.41. The molecule has 100 valence electrons. The van der Waals surface area contributed by atoms with E-state index < -0.39 is 0 Å². The van der Waals surface area contributed by atoms with E-state index in [2.05, 4.69) is 43.9 Å². The van der Waals surface area contributed by atoms with Crippen LogP contribution in [0.5, 0.6) is 0 Å². The SMILES string of the molecule is CCN(CC1CC1)C(CN)c1ccc(C)c(C)c1. The fourth-order valence-electron chi connectivity index (χ4n) is 2.58. The van der Waals surface area contributed by atoms with Gasteiger partial charge in [-0.15, -0.1) is 0 Å². The number of nitrogens with zero attached hydrogens (tertiary/aromatic N) is 1. The van der Waals surface area contributed by atoms with Crippen LogP contribution in [0, 0.1) is 19.8 Å². The van der Waals surface area contributed by atoms with Crippen LogP contribution in [-0.2, 0) is 0 Å². The van der Waals surface area contributed by atoms with Crippen molar-refractivity contribution in [3.8, 4) is 0 Å². The minimum absolute atomic E-state index is 0.384. The number of likely N-dealkylation sites (N-methyl/N-ethyl adjacent to an activating group) is 1. The smallest absolute Gasteiger partial charge is 0.0470 e. The third-order valence-corrected chi connectivity index (χ3v) is 4.18. The molecule has 1 atom stereocenters. The van der Waals surface area contributed by atoms with E-state index in [1.165, 1.54) is 36.1 Å². The molecule has 0 heterocycles. The predicted molar refractivity (Wildman–Crippen MR) is 77.7 cm³/mol. The third-order valence-electron chi connectivity index (χ3n) is 4.18. The van der Waals surface area contributed by atoms with Gasteiger partial charge in [0.2, 0.25) is 0 Å². The Morgan fingerprint density at radius 1 is 1.28 bits per heavy atom. The molecular weight excluding hydrogens is 220 g/mol. The molecular formula is C16H26N2. The van der Waals surface area contributed by atoms with Gasteiger partial charge in [0, 0.05) is 19.1 Å². The van der Waals surface area contributed by atoms with Gasteiger partial charge >= 0.3 is 0 Å². The molecule has 0 aliphatic heterocycles. The molecule has 1 aromatic carbocycles. The molecule has 18 heavy (non-hydrogen) atoms. The van der Waals surface area contributed by atoms with Crippen molar-refractivity contribution in [3.05, 3.63) is 34.9 Å². The number of nitrogens with two attached hydrogens (primary N) is 1. The summed E-state index contributed by atoms with van der Waals surface area (Å²) >= 11 is 0. The summed E-state index contributed by atoms with van der Waals surface area (Å²) in [6.07, 6.45) is 2.81. The zero-order valence-corrected chi connectivity index (χ0v) is 11.9. The molecule has 2 rings (SSSR count). The van der Waals surface area contributed by atoms with Crippen LogP contribution in [0.3, 0.4) is 0 Å². The second-order valence-electron chi connectivity index (χ2n) is 5.63. The Bertz CT molecular complexity index is 396. The normalized spacial score (nSPS) is 17.2. The molecule has 1 aromatic rings. The van der Waals surface area contributed by atoms with Gasteiger partial charge in [-0.1, -0.05) is 25.1 Å². The van der Waals surface area contributed by atoms with Crippen LogP contribution in [0.4, 0.5) is 0 Å². The van der Waals surface area contributed by atoms with Gasteiger partial charge < -0.3 is 5.73 Å². The summed E-state index contributed by atoms with van der Waals surface area (Å²) in [5, 5.41) is 0.